The first kappa shape index (κ1) is 21.0. The Hall–Kier alpha value is -3.30. The molecule has 0 aliphatic rings. The minimum Gasteiger partial charge on any atom is -0.347 e. The summed E-state index contributed by atoms with van der Waals surface area (Å²) >= 11 is 7.13. The Balaban J connectivity index is 1.37. The Morgan fingerprint density at radius 3 is 2.77 bits per heavy atom. The number of carbonyl (C=O) groups excluding carboxylic acids is 2. The van der Waals surface area contributed by atoms with Gasteiger partial charge in [-0.3, -0.25) is 9.59 Å². The van der Waals surface area contributed by atoms with E-state index in [0.29, 0.717) is 12.2 Å². The van der Waals surface area contributed by atoms with E-state index in [4.69, 9.17) is 11.6 Å². The molecule has 31 heavy (non-hydrogen) atoms. The fraction of sp³-hybridized carbons (Fsp3) is 0.143. The fourth-order valence-electron chi connectivity index (χ4n) is 2.98. The Morgan fingerprint density at radius 2 is 2.00 bits per heavy atom. The molecule has 2 aromatic heterocycles. The summed E-state index contributed by atoms with van der Waals surface area (Å²) in [5, 5.41) is 11.3. The van der Waals surface area contributed by atoms with Crippen LogP contribution in [-0.4, -0.2) is 33.0 Å². The van der Waals surface area contributed by atoms with Gasteiger partial charge < -0.3 is 10.6 Å². The van der Waals surface area contributed by atoms with Gasteiger partial charge in [-0.2, -0.15) is 4.98 Å². The molecule has 4 aromatic rings. The third kappa shape index (κ3) is 4.57. The van der Waals surface area contributed by atoms with Gasteiger partial charge in [-0.05, 0) is 30.7 Å². The van der Waals surface area contributed by atoms with Crippen LogP contribution in [0.5, 0.6) is 0 Å². The van der Waals surface area contributed by atoms with E-state index in [0.717, 1.165) is 27.8 Å². The van der Waals surface area contributed by atoms with E-state index in [-0.39, 0.29) is 17.3 Å². The molecule has 0 radical (unpaired) electrons. The number of nitrogens with zero attached hydrogens (tertiary/aromatic N) is 3. The van der Waals surface area contributed by atoms with Gasteiger partial charge in [-0.25, -0.2) is 8.91 Å². The fourth-order valence-corrected chi connectivity index (χ4v) is 4.02. The van der Waals surface area contributed by atoms with Crippen LogP contribution in [0.25, 0.3) is 16.3 Å². The number of thiazole rings is 1. The van der Waals surface area contributed by atoms with Crippen LogP contribution < -0.4 is 10.6 Å². The quantitative estimate of drug-likeness (QED) is 0.445. The summed E-state index contributed by atoms with van der Waals surface area (Å²) in [7, 11) is 0. The molecular weight excluding hydrogens is 441 g/mol. The van der Waals surface area contributed by atoms with Gasteiger partial charge in [0, 0.05) is 29.6 Å². The van der Waals surface area contributed by atoms with Crippen molar-refractivity contribution >= 4 is 45.4 Å². The summed E-state index contributed by atoms with van der Waals surface area (Å²) in [6.07, 6.45) is 0.470. The molecule has 2 aromatic carbocycles. The summed E-state index contributed by atoms with van der Waals surface area (Å²) in [6, 6.07) is 11.6. The molecule has 2 N–H and O–H groups in total. The number of hydrogen-bond donors (Lipinski definition) is 2. The Morgan fingerprint density at radius 1 is 1.19 bits per heavy atom. The molecular formula is C21H17ClFN5O2S. The maximum absolute atomic E-state index is 13.2. The van der Waals surface area contributed by atoms with E-state index in [9.17, 15) is 14.0 Å². The van der Waals surface area contributed by atoms with Crippen molar-refractivity contribution in [1.29, 1.82) is 0 Å². The molecule has 0 bridgehead atoms. The Bertz CT molecular complexity index is 1290. The second kappa shape index (κ2) is 8.83. The number of rotatable bonds is 5. The summed E-state index contributed by atoms with van der Waals surface area (Å²) in [4.78, 5) is 29.4. The lowest BCUT2D eigenvalue weighted by atomic mass is 10.1. The third-order valence-electron chi connectivity index (χ3n) is 4.59. The number of amides is 2. The van der Waals surface area contributed by atoms with Crippen LogP contribution in [0, 0.1) is 12.7 Å². The van der Waals surface area contributed by atoms with Crippen LogP contribution in [0.15, 0.2) is 47.8 Å². The highest BCUT2D eigenvalue weighted by Crippen LogP contribution is 2.23. The monoisotopic (exact) mass is 457 g/mol. The van der Waals surface area contributed by atoms with Crippen LogP contribution in [-0.2, 0) is 16.0 Å². The van der Waals surface area contributed by atoms with Gasteiger partial charge in [0.05, 0.1) is 10.7 Å². The first-order chi connectivity index (χ1) is 14.9. The van der Waals surface area contributed by atoms with Crippen molar-refractivity contribution in [2.45, 2.75) is 13.3 Å². The summed E-state index contributed by atoms with van der Waals surface area (Å²) in [5.74, 6) is -1.62. The molecule has 158 valence electrons. The molecule has 0 saturated heterocycles. The predicted molar refractivity (Wildman–Crippen MR) is 118 cm³/mol. The van der Waals surface area contributed by atoms with Crippen LogP contribution in [0.1, 0.15) is 11.3 Å². The number of benzene rings is 2. The highest BCUT2D eigenvalue weighted by Gasteiger charge is 2.16. The first-order valence-corrected chi connectivity index (χ1v) is 10.6. The second-order valence-electron chi connectivity index (χ2n) is 6.76. The van der Waals surface area contributed by atoms with E-state index in [1.807, 2.05) is 36.6 Å². The van der Waals surface area contributed by atoms with Crippen molar-refractivity contribution in [2.24, 2.45) is 0 Å². The number of aromatic nitrogens is 3. The highest BCUT2D eigenvalue weighted by atomic mass is 35.5. The minimum atomic E-state index is -0.860. The Labute approximate surface area is 185 Å². The van der Waals surface area contributed by atoms with Crippen LogP contribution in [0.3, 0.4) is 0 Å². The molecule has 0 unspecified atom stereocenters. The molecule has 0 fully saturated rings. The van der Waals surface area contributed by atoms with E-state index < -0.39 is 17.6 Å². The zero-order chi connectivity index (χ0) is 22.0. The zero-order valence-electron chi connectivity index (χ0n) is 16.4. The zero-order valence-corrected chi connectivity index (χ0v) is 17.9. The van der Waals surface area contributed by atoms with E-state index in [2.05, 4.69) is 20.7 Å². The summed E-state index contributed by atoms with van der Waals surface area (Å²) < 4.78 is 14.9. The summed E-state index contributed by atoms with van der Waals surface area (Å²) in [6.45, 7) is 2.24. The minimum absolute atomic E-state index is 0.141. The molecule has 2 amide bonds. The lowest BCUT2D eigenvalue weighted by molar-refractivity contribution is -0.136. The topological polar surface area (TPSA) is 88.4 Å². The number of halogens is 2. The molecule has 7 nitrogen and oxygen atoms in total. The van der Waals surface area contributed by atoms with Gasteiger partial charge in [0.25, 0.3) is 0 Å². The SMILES string of the molecule is Cc1ccccc1-c1nc2scc(CCNC(=O)C(=O)Nc3ccc(F)c(Cl)c3)n2n1. The van der Waals surface area contributed by atoms with Gasteiger partial charge in [-0.1, -0.05) is 35.9 Å². The number of hydrogen-bond acceptors (Lipinski definition) is 5. The molecule has 0 atom stereocenters. The average Bonchev–Trinajstić information content (AvgIpc) is 3.32. The lowest BCUT2D eigenvalue weighted by Gasteiger charge is -2.07. The van der Waals surface area contributed by atoms with Gasteiger partial charge in [-0.15, -0.1) is 16.4 Å². The van der Waals surface area contributed by atoms with Gasteiger partial charge in [0.15, 0.2) is 5.82 Å². The van der Waals surface area contributed by atoms with E-state index in [1.165, 1.54) is 23.5 Å². The molecule has 0 saturated carbocycles. The predicted octanol–water partition coefficient (Wildman–Crippen LogP) is 3.86. The van der Waals surface area contributed by atoms with Gasteiger partial charge >= 0.3 is 11.8 Å². The first-order valence-electron chi connectivity index (χ1n) is 9.36. The largest absolute Gasteiger partial charge is 0.347 e. The van der Waals surface area contributed by atoms with Gasteiger partial charge in [0.2, 0.25) is 4.96 Å². The number of aryl methyl sites for hydroxylation is 1. The molecule has 10 heteroatoms. The van der Waals surface area contributed by atoms with E-state index in [1.54, 1.807) is 4.52 Å². The van der Waals surface area contributed by atoms with Crippen LogP contribution in [0.2, 0.25) is 5.02 Å². The van der Waals surface area contributed by atoms with Crippen molar-refractivity contribution in [2.75, 3.05) is 11.9 Å². The standard InChI is InChI=1S/C21H17ClFN5O2S/c1-12-4-2-3-5-15(12)18-26-21-28(27-18)14(11-31-21)8-9-24-19(29)20(30)25-13-6-7-17(23)16(22)10-13/h2-7,10-11H,8-9H2,1H3,(H,24,29)(H,25,30). The average molecular weight is 458 g/mol. The lowest BCUT2D eigenvalue weighted by Crippen LogP contribution is -2.36. The summed E-state index contributed by atoms with van der Waals surface area (Å²) in [5.41, 5.74) is 3.16. The third-order valence-corrected chi connectivity index (χ3v) is 5.74. The Kier molecular flexibility index (Phi) is 5.97. The van der Waals surface area contributed by atoms with Crippen molar-refractivity contribution < 1.29 is 14.0 Å². The number of carbonyl (C=O) groups is 2. The maximum atomic E-state index is 13.2. The van der Waals surface area contributed by atoms with Crippen molar-refractivity contribution in [3.05, 3.63) is 69.9 Å². The highest BCUT2D eigenvalue weighted by molar-refractivity contribution is 7.15. The molecule has 0 aliphatic heterocycles. The van der Waals surface area contributed by atoms with Crippen molar-refractivity contribution in [1.82, 2.24) is 19.9 Å². The van der Waals surface area contributed by atoms with Crippen molar-refractivity contribution in [3.63, 3.8) is 0 Å². The van der Waals surface area contributed by atoms with Crippen LogP contribution >= 0.6 is 22.9 Å². The van der Waals surface area contributed by atoms with Crippen molar-refractivity contribution in [3.8, 4) is 11.4 Å². The molecule has 0 spiro atoms. The van der Waals surface area contributed by atoms with Gasteiger partial charge in [0.1, 0.15) is 5.82 Å². The van der Waals surface area contributed by atoms with E-state index >= 15 is 0 Å². The maximum Gasteiger partial charge on any atom is 0.313 e. The molecule has 2 heterocycles. The normalized spacial score (nSPS) is 10.9. The smallest absolute Gasteiger partial charge is 0.313 e. The molecule has 0 aliphatic carbocycles. The van der Waals surface area contributed by atoms with Crippen LogP contribution in [0.4, 0.5) is 10.1 Å². The number of nitrogens with one attached hydrogen (secondary N) is 2. The second-order valence-corrected chi connectivity index (χ2v) is 8.00. The molecule has 4 rings (SSSR count). The number of fused-ring (bicyclic) bond motifs is 1. The number of anilines is 1.